The minimum Gasteiger partial charge on any atom is -0.434 e. The fourth-order valence-corrected chi connectivity index (χ4v) is 2.28. The summed E-state index contributed by atoms with van der Waals surface area (Å²) in [4.78, 5) is 0. The van der Waals surface area contributed by atoms with Crippen LogP contribution in [0.1, 0.15) is 43.4 Å². The Hall–Kier alpha value is -1.42. The number of benzene rings is 1. The Labute approximate surface area is 126 Å². The van der Waals surface area contributed by atoms with Crippen molar-refractivity contribution in [3.05, 3.63) is 34.4 Å². The van der Waals surface area contributed by atoms with E-state index in [0.717, 1.165) is 42.6 Å². The third-order valence-corrected chi connectivity index (χ3v) is 3.29. The van der Waals surface area contributed by atoms with Crippen molar-refractivity contribution < 1.29 is 13.5 Å². The molecule has 1 rings (SSSR count). The van der Waals surface area contributed by atoms with Crippen LogP contribution in [0, 0.1) is 13.8 Å². The first kappa shape index (κ1) is 17.6. The summed E-state index contributed by atoms with van der Waals surface area (Å²) in [5, 5.41) is 3.38. The molecular weight excluding hydrogens is 272 g/mol. The van der Waals surface area contributed by atoms with Gasteiger partial charge in [0.2, 0.25) is 0 Å². The first-order chi connectivity index (χ1) is 9.97. The highest BCUT2D eigenvalue weighted by Crippen LogP contribution is 2.27. The molecule has 0 bridgehead atoms. The van der Waals surface area contributed by atoms with Crippen molar-refractivity contribution in [2.45, 2.75) is 47.1 Å². The van der Waals surface area contributed by atoms with E-state index in [0.29, 0.717) is 0 Å². The van der Waals surface area contributed by atoms with Crippen LogP contribution in [0.3, 0.4) is 0 Å². The van der Waals surface area contributed by atoms with Crippen molar-refractivity contribution in [1.82, 2.24) is 5.32 Å². The van der Waals surface area contributed by atoms with Gasteiger partial charge in [0.25, 0.3) is 0 Å². The van der Waals surface area contributed by atoms with Gasteiger partial charge < -0.3 is 10.1 Å². The van der Waals surface area contributed by atoms with E-state index in [4.69, 9.17) is 0 Å². The molecule has 0 saturated carbocycles. The molecule has 0 amide bonds. The molecule has 21 heavy (non-hydrogen) atoms. The largest absolute Gasteiger partial charge is 0.434 e. The summed E-state index contributed by atoms with van der Waals surface area (Å²) in [7, 11) is 0. The normalized spacial score (nSPS) is 12.0. The van der Waals surface area contributed by atoms with Gasteiger partial charge in [0.15, 0.2) is 0 Å². The van der Waals surface area contributed by atoms with E-state index in [1.54, 1.807) is 13.8 Å². The molecule has 0 atom stereocenters. The van der Waals surface area contributed by atoms with Gasteiger partial charge in [-0.25, -0.2) is 0 Å². The van der Waals surface area contributed by atoms with Gasteiger partial charge in [0.1, 0.15) is 5.75 Å². The Bertz CT molecular complexity index is 461. The highest BCUT2D eigenvalue weighted by molar-refractivity contribution is 5.58. The Morgan fingerprint density at radius 1 is 1.24 bits per heavy atom. The fourth-order valence-electron chi connectivity index (χ4n) is 2.28. The van der Waals surface area contributed by atoms with E-state index >= 15 is 0 Å². The van der Waals surface area contributed by atoms with Crippen LogP contribution >= 0.6 is 0 Å². The van der Waals surface area contributed by atoms with Gasteiger partial charge in [-0.05, 0) is 62.1 Å². The topological polar surface area (TPSA) is 21.3 Å². The van der Waals surface area contributed by atoms with Crippen LogP contribution in [0.25, 0.3) is 6.08 Å². The number of ether oxygens (including phenoxy) is 1. The van der Waals surface area contributed by atoms with Crippen LogP contribution in [0.4, 0.5) is 8.78 Å². The number of rotatable bonds is 8. The molecule has 0 saturated heterocycles. The Morgan fingerprint density at radius 2 is 1.86 bits per heavy atom. The molecule has 0 aliphatic rings. The SMILES string of the molecule is CCCNCC(=Cc1cc(C)c(OC(F)F)c(C)c1)CC. The van der Waals surface area contributed by atoms with Crippen LogP contribution in [-0.4, -0.2) is 19.7 Å². The molecule has 0 unspecified atom stereocenters. The number of alkyl halides is 2. The van der Waals surface area contributed by atoms with E-state index in [-0.39, 0.29) is 5.75 Å². The van der Waals surface area contributed by atoms with Gasteiger partial charge in [0, 0.05) is 6.54 Å². The maximum absolute atomic E-state index is 12.4. The molecule has 0 aromatic heterocycles. The van der Waals surface area contributed by atoms with E-state index in [9.17, 15) is 8.78 Å². The number of hydrogen-bond donors (Lipinski definition) is 1. The van der Waals surface area contributed by atoms with Crippen molar-refractivity contribution in [2.75, 3.05) is 13.1 Å². The van der Waals surface area contributed by atoms with Gasteiger partial charge in [-0.1, -0.05) is 25.5 Å². The van der Waals surface area contributed by atoms with Gasteiger partial charge >= 0.3 is 6.61 Å². The predicted octanol–water partition coefficient (Wildman–Crippen LogP) is 4.70. The number of halogens is 2. The monoisotopic (exact) mass is 297 g/mol. The highest BCUT2D eigenvalue weighted by atomic mass is 19.3. The molecule has 2 nitrogen and oxygen atoms in total. The Morgan fingerprint density at radius 3 is 2.33 bits per heavy atom. The highest BCUT2D eigenvalue weighted by Gasteiger charge is 2.11. The summed E-state index contributed by atoms with van der Waals surface area (Å²) in [5.41, 5.74) is 3.79. The zero-order valence-corrected chi connectivity index (χ0v) is 13.3. The number of nitrogens with one attached hydrogen (secondary N) is 1. The molecule has 0 heterocycles. The number of hydrogen-bond acceptors (Lipinski definition) is 2. The maximum Gasteiger partial charge on any atom is 0.387 e. The summed E-state index contributed by atoms with van der Waals surface area (Å²) in [6.07, 6.45) is 4.19. The zero-order chi connectivity index (χ0) is 15.8. The van der Waals surface area contributed by atoms with Crippen molar-refractivity contribution >= 4 is 6.08 Å². The second kappa shape index (κ2) is 8.78. The van der Waals surface area contributed by atoms with E-state index in [1.807, 2.05) is 12.1 Å². The smallest absolute Gasteiger partial charge is 0.387 e. The molecule has 0 aliphatic heterocycles. The third-order valence-electron chi connectivity index (χ3n) is 3.29. The van der Waals surface area contributed by atoms with Crippen molar-refractivity contribution in [3.8, 4) is 5.75 Å². The van der Waals surface area contributed by atoms with Gasteiger partial charge in [-0.15, -0.1) is 0 Å². The Balaban J connectivity index is 2.92. The molecule has 1 aromatic rings. The summed E-state index contributed by atoms with van der Waals surface area (Å²) < 4.78 is 29.3. The molecule has 0 fully saturated rings. The third kappa shape index (κ3) is 5.84. The second-order valence-electron chi connectivity index (χ2n) is 5.20. The predicted molar refractivity (Wildman–Crippen MR) is 84.0 cm³/mol. The maximum atomic E-state index is 12.4. The molecule has 1 N–H and O–H groups in total. The standard InChI is InChI=1S/C17H25F2NO/c1-5-7-20-11-14(6-2)10-15-8-12(3)16(13(4)9-15)21-17(18)19/h8-10,17,20H,5-7,11H2,1-4H3. The first-order valence-electron chi connectivity index (χ1n) is 7.44. The van der Waals surface area contributed by atoms with Crippen LogP contribution in [0.15, 0.2) is 17.7 Å². The lowest BCUT2D eigenvalue weighted by Crippen LogP contribution is -2.17. The minimum absolute atomic E-state index is 0.282. The van der Waals surface area contributed by atoms with E-state index in [2.05, 4.69) is 30.0 Å². The molecule has 0 spiro atoms. The Kier molecular flexibility index (Phi) is 7.37. The van der Waals surface area contributed by atoms with Crippen LogP contribution < -0.4 is 10.1 Å². The van der Waals surface area contributed by atoms with Crippen molar-refractivity contribution in [1.29, 1.82) is 0 Å². The lowest BCUT2D eigenvalue weighted by atomic mass is 10.0. The lowest BCUT2D eigenvalue weighted by Gasteiger charge is -2.13. The molecule has 0 aliphatic carbocycles. The lowest BCUT2D eigenvalue weighted by molar-refractivity contribution is -0.0507. The zero-order valence-electron chi connectivity index (χ0n) is 13.3. The first-order valence-corrected chi connectivity index (χ1v) is 7.44. The summed E-state index contributed by atoms with van der Waals surface area (Å²) >= 11 is 0. The molecular formula is C17H25F2NO. The quantitative estimate of drug-likeness (QED) is 0.702. The summed E-state index contributed by atoms with van der Waals surface area (Å²) in [6.45, 7) is 6.91. The number of aryl methyl sites for hydroxylation is 2. The van der Waals surface area contributed by atoms with Gasteiger partial charge in [-0.3, -0.25) is 0 Å². The minimum atomic E-state index is -2.78. The van der Waals surface area contributed by atoms with E-state index in [1.165, 1.54) is 5.57 Å². The van der Waals surface area contributed by atoms with Crippen LogP contribution in [-0.2, 0) is 0 Å². The summed E-state index contributed by atoms with van der Waals surface area (Å²) in [6, 6.07) is 3.78. The molecule has 118 valence electrons. The van der Waals surface area contributed by atoms with Gasteiger partial charge in [0.05, 0.1) is 0 Å². The molecule has 0 radical (unpaired) electrons. The molecule has 1 aromatic carbocycles. The average molecular weight is 297 g/mol. The van der Waals surface area contributed by atoms with Crippen molar-refractivity contribution in [3.63, 3.8) is 0 Å². The van der Waals surface area contributed by atoms with Crippen LogP contribution in [0.2, 0.25) is 0 Å². The van der Waals surface area contributed by atoms with E-state index < -0.39 is 6.61 Å². The molecule has 4 heteroatoms. The van der Waals surface area contributed by atoms with Crippen molar-refractivity contribution in [2.24, 2.45) is 0 Å². The van der Waals surface area contributed by atoms with Gasteiger partial charge in [-0.2, -0.15) is 8.78 Å². The average Bonchev–Trinajstić information content (AvgIpc) is 2.41. The summed E-state index contributed by atoms with van der Waals surface area (Å²) in [5.74, 6) is 0.282. The second-order valence-corrected chi connectivity index (χ2v) is 5.20. The van der Waals surface area contributed by atoms with Crippen LogP contribution in [0.5, 0.6) is 5.75 Å². The fraction of sp³-hybridized carbons (Fsp3) is 0.529.